The maximum Gasteiger partial charge on any atom is 0.115 e. The maximum atomic E-state index is 6.04. The SMILES string of the molecule is Cc1ccc(CN2CCCC3(COCCN(c4cncnc4)C3)C2)s1. The van der Waals surface area contributed by atoms with E-state index < -0.39 is 0 Å². The lowest BCUT2D eigenvalue weighted by Crippen LogP contribution is -2.50. The average molecular weight is 359 g/mol. The summed E-state index contributed by atoms with van der Waals surface area (Å²) in [7, 11) is 0. The minimum atomic E-state index is 0.205. The number of hydrogen-bond donors (Lipinski definition) is 0. The molecule has 2 aromatic rings. The second-order valence-electron chi connectivity index (χ2n) is 7.40. The van der Waals surface area contributed by atoms with Crippen molar-refractivity contribution in [1.29, 1.82) is 0 Å². The third-order valence-electron chi connectivity index (χ3n) is 5.27. The van der Waals surface area contributed by atoms with Crippen molar-refractivity contribution in [3.05, 3.63) is 40.6 Å². The van der Waals surface area contributed by atoms with E-state index in [1.165, 1.54) is 29.1 Å². The van der Waals surface area contributed by atoms with Crippen LogP contribution in [-0.4, -0.2) is 54.3 Å². The van der Waals surface area contributed by atoms with Crippen LogP contribution in [0.15, 0.2) is 30.9 Å². The highest BCUT2D eigenvalue weighted by Gasteiger charge is 2.39. The third kappa shape index (κ3) is 4.02. The molecule has 4 rings (SSSR count). The van der Waals surface area contributed by atoms with Crippen molar-refractivity contribution >= 4 is 17.0 Å². The highest BCUT2D eigenvalue weighted by atomic mass is 32.1. The summed E-state index contributed by atoms with van der Waals surface area (Å²) in [6.45, 7) is 9.12. The number of aromatic nitrogens is 2. The monoisotopic (exact) mass is 358 g/mol. The van der Waals surface area contributed by atoms with Gasteiger partial charge in [-0.05, 0) is 38.4 Å². The van der Waals surface area contributed by atoms with Gasteiger partial charge in [0.25, 0.3) is 0 Å². The Morgan fingerprint density at radius 1 is 1.20 bits per heavy atom. The van der Waals surface area contributed by atoms with E-state index in [-0.39, 0.29) is 5.41 Å². The highest BCUT2D eigenvalue weighted by Crippen LogP contribution is 2.35. The molecule has 0 aromatic carbocycles. The predicted molar refractivity (Wildman–Crippen MR) is 101 cm³/mol. The molecule has 0 radical (unpaired) electrons. The largest absolute Gasteiger partial charge is 0.379 e. The van der Waals surface area contributed by atoms with Gasteiger partial charge in [0.2, 0.25) is 0 Å². The van der Waals surface area contributed by atoms with Crippen LogP contribution >= 0.6 is 11.3 Å². The number of nitrogens with zero attached hydrogens (tertiary/aromatic N) is 4. The lowest BCUT2D eigenvalue weighted by atomic mass is 9.80. The zero-order chi connectivity index (χ0) is 17.1. The van der Waals surface area contributed by atoms with E-state index in [0.717, 1.165) is 45.1 Å². The molecule has 2 fully saturated rings. The summed E-state index contributed by atoms with van der Waals surface area (Å²) in [5.74, 6) is 0. The lowest BCUT2D eigenvalue weighted by Gasteiger charge is -2.43. The molecule has 0 amide bonds. The fourth-order valence-corrected chi connectivity index (χ4v) is 5.08. The molecule has 0 N–H and O–H groups in total. The van der Waals surface area contributed by atoms with Crippen LogP contribution < -0.4 is 4.90 Å². The molecule has 2 aromatic heterocycles. The smallest absolute Gasteiger partial charge is 0.115 e. The second-order valence-corrected chi connectivity index (χ2v) is 8.77. The van der Waals surface area contributed by atoms with E-state index in [0.29, 0.717) is 0 Å². The van der Waals surface area contributed by atoms with Gasteiger partial charge in [-0.25, -0.2) is 9.97 Å². The first-order valence-electron chi connectivity index (χ1n) is 9.08. The average Bonchev–Trinajstić information content (AvgIpc) is 2.92. The number of piperidine rings is 1. The Balaban J connectivity index is 1.48. The van der Waals surface area contributed by atoms with Crippen LogP contribution in [0.25, 0.3) is 0 Å². The van der Waals surface area contributed by atoms with Crippen LogP contribution in [0.4, 0.5) is 5.69 Å². The Bertz CT molecular complexity index is 692. The van der Waals surface area contributed by atoms with Gasteiger partial charge in [-0.15, -0.1) is 11.3 Å². The summed E-state index contributed by atoms with van der Waals surface area (Å²) >= 11 is 1.92. The van der Waals surface area contributed by atoms with Gasteiger partial charge in [0.05, 0.1) is 31.3 Å². The Morgan fingerprint density at radius 3 is 2.88 bits per heavy atom. The van der Waals surface area contributed by atoms with Gasteiger partial charge in [0, 0.05) is 41.3 Å². The number of aryl methyl sites for hydroxylation is 1. The maximum absolute atomic E-state index is 6.04. The number of hydrogen-bond acceptors (Lipinski definition) is 6. The number of rotatable bonds is 3. The molecule has 134 valence electrons. The summed E-state index contributed by atoms with van der Waals surface area (Å²) in [5, 5.41) is 0. The van der Waals surface area contributed by atoms with Crippen molar-refractivity contribution in [1.82, 2.24) is 14.9 Å². The van der Waals surface area contributed by atoms with Crippen LogP contribution in [0.2, 0.25) is 0 Å². The van der Waals surface area contributed by atoms with E-state index in [4.69, 9.17) is 4.74 Å². The number of anilines is 1. The Morgan fingerprint density at radius 2 is 2.08 bits per heavy atom. The van der Waals surface area contributed by atoms with Crippen LogP contribution in [0.5, 0.6) is 0 Å². The predicted octanol–water partition coefficient (Wildman–Crippen LogP) is 2.97. The molecular weight excluding hydrogens is 332 g/mol. The molecular formula is C19H26N4OS. The minimum absolute atomic E-state index is 0.205. The van der Waals surface area contributed by atoms with Crippen molar-refractivity contribution in [3.63, 3.8) is 0 Å². The molecule has 25 heavy (non-hydrogen) atoms. The zero-order valence-corrected chi connectivity index (χ0v) is 15.7. The van der Waals surface area contributed by atoms with Gasteiger partial charge in [-0.1, -0.05) is 0 Å². The molecule has 1 spiro atoms. The van der Waals surface area contributed by atoms with Crippen molar-refractivity contribution in [2.45, 2.75) is 26.3 Å². The molecule has 0 saturated carbocycles. The topological polar surface area (TPSA) is 41.5 Å². The van der Waals surface area contributed by atoms with Crippen LogP contribution in [-0.2, 0) is 11.3 Å². The van der Waals surface area contributed by atoms with Gasteiger partial charge in [0.15, 0.2) is 0 Å². The summed E-state index contributed by atoms with van der Waals surface area (Å²) in [6.07, 6.45) is 7.91. The fraction of sp³-hybridized carbons (Fsp3) is 0.579. The number of likely N-dealkylation sites (tertiary alicyclic amines) is 1. The zero-order valence-electron chi connectivity index (χ0n) is 14.9. The van der Waals surface area contributed by atoms with Crippen molar-refractivity contribution in [2.24, 2.45) is 5.41 Å². The van der Waals surface area contributed by atoms with Gasteiger partial charge >= 0.3 is 0 Å². The first kappa shape index (κ1) is 16.9. The summed E-state index contributed by atoms with van der Waals surface area (Å²) in [6, 6.07) is 4.50. The Hall–Kier alpha value is -1.50. The Labute approximate surface area is 153 Å². The lowest BCUT2D eigenvalue weighted by molar-refractivity contribution is 0.0110. The molecule has 0 bridgehead atoms. The van der Waals surface area contributed by atoms with Crippen LogP contribution in [0.1, 0.15) is 22.6 Å². The molecule has 2 aliphatic heterocycles. The quantitative estimate of drug-likeness (QED) is 0.844. The van der Waals surface area contributed by atoms with E-state index in [9.17, 15) is 0 Å². The summed E-state index contributed by atoms with van der Waals surface area (Å²) < 4.78 is 6.04. The van der Waals surface area contributed by atoms with Crippen molar-refractivity contribution in [3.8, 4) is 0 Å². The molecule has 0 aliphatic carbocycles. The third-order valence-corrected chi connectivity index (χ3v) is 6.25. The van der Waals surface area contributed by atoms with Gasteiger partial charge in [0.1, 0.15) is 6.33 Å². The highest BCUT2D eigenvalue weighted by molar-refractivity contribution is 7.11. The van der Waals surface area contributed by atoms with Crippen molar-refractivity contribution < 1.29 is 4.74 Å². The first-order valence-corrected chi connectivity index (χ1v) is 9.90. The fourth-order valence-electron chi connectivity index (χ4n) is 4.15. The molecule has 5 nitrogen and oxygen atoms in total. The van der Waals surface area contributed by atoms with E-state index in [1.807, 2.05) is 23.7 Å². The van der Waals surface area contributed by atoms with Gasteiger partial charge in [-0.3, -0.25) is 4.90 Å². The van der Waals surface area contributed by atoms with Crippen LogP contribution in [0.3, 0.4) is 0 Å². The Kier molecular flexibility index (Phi) is 5.01. The van der Waals surface area contributed by atoms with E-state index >= 15 is 0 Å². The second kappa shape index (κ2) is 7.40. The van der Waals surface area contributed by atoms with Crippen molar-refractivity contribution in [2.75, 3.05) is 44.3 Å². The molecule has 1 unspecified atom stereocenters. The first-order chi connectivity index (χ1) is 12.2. The molecule has 2 saturated heterocycles. The number of ether oxygens (including phenoxy) is 1. The van der Waals surface area contributed by atoms with Crippen LogP contribution in [0, 0.1) is 12.3 Å². The summed E-state index contributed by atoms with van der Waals surface area (Å²) in [5.41, 5.74) is 1.31. The van der Waals surface area contributed by atoms with Gasteiger partial charge in [-0.2, -0.15) is 0 Å². The normalized spacial score (nSPS) is 25.2. The molecule has 6 heteroatoms. The van der Waals surface area contributed by atoms with E-state index in [2.05, 4.69) is 38.8 Å². The minimum Gasteiger partial charge on any atom is -0.379 e. The molecule has 2 aliphatic rings. The standard InChI is InChI=1S/C19H26N4OS/c1-16-3-4-18(25-16)11-22-6-2-5-19(12-22)13-23(7-8-24-14-19)17-9-20-15-21-10-17/h3-4,9-10,15H,2,5-8,11-14H2,1H3. The molecule has 4 heterocycles. The van der Waals surface area contributed by atoms with E-state index in [1.54, 1.807) is 6.33 Å². The summed E-state index contributed by atoms with van der Waals surface area (Å²) in [4.78, 5) is 16.3. The van der Waals surface area contributed by atoms with Gasteiger partial charge < -0.3 is 9.64 Å². The number of thiophene rings is 1. The molecule has 1 atom stereocenters.